The number of carbonyl (C=O) groups excluding carboxylic acids is 1. The van der Waals surface area contributed by atoms with E-state index in [1.807, 2.05) is 0 Å². The molecular weight excluding hydrogens is 147 g/mol. The van der Waals surface area contributed by atoms with Crippen molar-refractivity contribution in [2.45, 2.75) is 0 Å². The second kappa shape index (κ2) is 7.08. The second-order valence-electron chi connectivity index (χ2n) is 1.37. The predicted molar refractivity (Wildman–Crippen MR) is 27.6 cm³/mol. The van der Waals surface area contributed by atoms with Crippen LogP contribution in [0.5, 0.6) is 0 Å². The molecule has 0 atom stereocenters. The van der Waals surface area contributed by atoms with E-state index in [-0.39, 0.29) is 41.7 Å². The third-order valence-corrected chi connectivity index (χ3v) is 0.718. The fourth-order valence-electron chi connectivity index (χ4n) is 0.304. The Hall–Kier alpha value is -0.0300. The molecule has 0 saturated carbocycles. The van der Waals surface area contributed by atoms with Crippen molar-refractivity contribution in [3.63, 3.8) is 0 Å². The van der Waals surface area contributed by atoms with E-state index >= 15 is 0 Å². The van der Waals surface area contributed by atoms with Crippen molar-refractivity contribution in [2.24, 2.45) is 0 Å². The molecule has 0 bridgehead atoms. The first kappa shape index (κ1) is 12.6. The van der Waals surface area contributed by atoms with E-state index in [1.54, 1.807) is 0 Å². The Bertz CT molecular complexity index is 132. The van der Waals surface area contributed by atoms with Gasteiger partial charge in [0, 0.05) is 12.7 Å². The number of hydrogen-bond acceptors (Lipinski definition) is 4. The molecular formula is C5H7NaO4. The summed E-state index contributed by atoms with van der Waals surface area (Å²) < 4.78 is 4.41. The van der Waals surface area contributed by atoms with Crippen molar-refractivity contribution in [2.75, 3.05) is 13.7 Å². The van der Waals surface area contributed by atoms with E-state index in [1.165, 1.54) is 7.11 Å². The summed E-state index contributed by atoms with van der Waals surface area (Å²) in [4.78, 5) is 9.90. The maximum atomic E-state index is 9.90. The molecule has 0 aliphatic carbocycles. The van der Waals surface area contributed by atoms with Gasteiger partial charge in [-0.05, 0) is 0 Å². The normalized spacial score (nSPS) is 10.3. The van der Waals surface area contributed by atoms with Gasteiger partial charge in [0.05, 0.1) is 18.8 Å². The molecule has 0 amide bonds. The van der Waals surface area contributed by atoms with Gasteiger partial charge in [-0.15, -0.1) is 0 Å². The molecule has 0 radical (unpaired) electrons. The van der Waals surface area contributed by atoms with Gasteiger partial charge in [-0.3, -0.25) is 0 Å². The standard InChI is InChI=1S/C5H8O4.Na/c1-9-3-4(2-6)5(7)8;/h2,6H,3H2,1H3,(H,7,8);/q;+1/p-1. The van der Waals surface area contributed by atoms with Crippen LogP contribution in [0.3, 0.4) is 0 Å². The van der Waals surface area contributed by atoms with Crippen molar-refractivity contribution >= 4 is 5.97 Å². The van der Waals surface area contributed by atoms with E-state index in [9.17, 15) is 9.90 Å². The molecule has 0 fully saturated rings. The Kier molecular flexibility index (Phi) is 8.94. The Morgan fingerprint density at radius 1 is 1.80 bits per heavy atom. The van der Waals surface area contributed by atoms with Gasteiger partial charge in [-0.1, -0.05) is 0 Å². The van der Waals surface area contributed by atoms with Crippen LogP contribution in [0, 0.1) is 0 Å². The number of hydrogen-bond donors (Lipinski definition) is 1. The Morgan fingerprint density at radius 2 is 2.30 bits per heavy atom. The Balaban J connectivity index is 0. The molecule has 5 heteroatoms. The molecule has 0 aliphatic heterocycles. The smallest absolute Gasteiger partial charge is 0.545 e. The average Bonchev–Trinajstić information content (AvgIpc) is 1.82. The molecule has 1 N–H and O–H groups in total. The van der Waals surface area contributed by atoms with Crippen LogP contribution >= 0.6 is 0 Å². The first-order chi connectivity index (χ1) is 4.22. The average molecular weight is 154 g/mol. The SMILES string of the molecule is COCC(=CO)C(=O)[O-].[Na+]. The van der Waals surface area contributed by atoms with E-state index in [0.717, 1.165) is 0 Å². The van der Waals surface area contributed by atoms with Crippen molar-refractivity contribution < 1.29 is 49.3 Å². The molecule has 52 valence electrons. The van der Waals surface area contributed by atoms with Gasteiger partial charge in [0.25, 0.3) is 0 Å². The number of aliphatic hydroxyl groups is 1. The molecule has 10 heavy (non-hydrogen) atoms. The quantitative estimate of drug-likeness (QED) is 0.254. The van der Waals surface area contributed by atoms with Gasteiger partial charge in [0.15, 0.2) is 0 Å². The minimum absolute atomic E-state index is 0. The van der Waals surface area contributed by atoms with Crippen LogP contribution in [-0.2, 0) is 9.53 Å². The fraction of sp³-hybridized carbons (Fsp3) is 0.400. The molecule has 0 aliphatic rings. The summed E-state index contributed by atoms with van der Waals surface area (Å²) in [7, 11) is 1.33. The third-order valence-electron chi connectivity index (χ3n) is 0.718. The third kappa shape index (κ3) is 4.81. The maximum absolute atomic E-state index is 9.90. The minimum atomic E-state index is -1.42. The van der Waals surface area contributed by atoms with Gasteiger partial charge < -0.3 is 19.7 Å². The molecule has 0 spiro atoms. The van der Waals surface area contributed by atoms with Crippen molar-refractivity contribution in [3.05, 3.63) is 11.8 Å². The van der Waals surface area contributed by atoms with Crippen molar-refractivity contribution in [1.82, 2.24) is 0 Å². The van der Waals surface area contributed by atoms with Gasteiger partial charge in [0.2, 0.25) is 0 Å². The molecule has 0 saturated heterocycles. The topological polar surface area (TPSA) is 69.6 Å². The molecule has 0 aromatic heterocycles. The number of ether oxygens (including phenoxy) is 1. The van der Waals surface area contributed by atoms with Crippen molar-refractivity contribution in [1.29, 1.82) is 0 Å². The monoisotopic (exact) mass is 154 g/mol. The van der Waals surface area contributed by atoms with Crippen LogP contribution in [0.25, 0.3) is 0 Å². The van der Waals surface area contributed by atoms with Crippen LogP contribution in [0.4, 0.5) is 0 Å². The zero-order valence-electron chi connectivity index (χ0n) is 5.96. The molecule has 0 rings (SSSR count). The summed E-state index contributed by atoms with van der Waals surface area (Å²) >= 11 is 0. The summed E-state index contributed by atoms with van der Waals surface area (Å²) in [5.41, 5.74) is -0.266. The Labute approximate surface area is 80.8 Å². The molecule has 0 aromatic carbocycles. The van der Waals surface area contributed by atoms with Gasteiger partial charge in [0.1, 0.15) is 0 Å². The maximum Gasteiger partial charge on any atom is 1.00 e. The summed E-state index contributed by atoms with van der Waals surface area (Å²) in [5, 5.41) is 18.1. The summed E-state index contributed by atoms with van der Waals surface area (Å²) in [6, 6.07) is 0. The van der Waals surface area contributed by atoms with Gasteiger partial charge in [-0.25, -0.2) is 0 Å². The van der Waals surface area contributed by atoms with Crippen LogP contribution in [0.1, 0.15) is 0 Å². The van der Waals surface area contributed by atoms with Gasteiger partial charge in [-0.2, -0.15) is 0 Å². The fourth-order valence-corrected chi connectivity index (χ4v) is 0.304. The molecule has 0 unspecified atom stereocenters. The Morgan fingerprint density at radius 3 is 2.40 bits per heavy atom. The van der Waals surface area contributed by atoms with Crippen LogP contribution in [0.15, 0.2) is 11.8 Å². The zero-order valence-corrected chi connectivity index (χ0v) is 7.96. The number of aliphatic carboxylic acids is 1. The predicted octanol–water partition coefficient (Wildman–Crippen LogP) is -4.17. The number of carboxylic acids is 1. The number of carboxylic acid groups (broad SMARTS) is 1. The molecule has 0 aromatic rings. The summed E-state index contributed by atoms with van der Waals surface area (Å²) in [6.45, 7) is -0.140. The van der Waals surface area contributed by atoms with Crippen LogP contribution in [0.2, 0.25) is 0 Å². The second-order valence-corrected chi connectivity index (χ2v) is 1.37. The van der Waals surface area contributed by atoms with Crippen LogP contribution < -0.4 is 34.7 Å². The van der Waals surface area contributed by atoms with Crippen LogP contribution in [-0.4, -0.2) is 24.8 Å². The first-order valence-corrected chi connectivity index (χ1v) is 2.26. The zero-order chi connectivity index (χ0) is 7.28. The largest absolute Gasteiger partial charge is 1.00 e. The van der Waals surface area contributed by atoms with E-state index in [2.05, 4.69) is 4.74 Å². The number of methoxy groups -OCH3 is 1. The first-order valence-electron chi connectivity index (χ1n) is 2.26. The number of rotatable bonds is 3. The molecule has 0 heterocycles. The van der Waals surface area contributed by atoms with E-state index < -0.39 is 5.97 Å². The number of aliphatic hydroxyl groups excluding tert-OH is 1. The molecule has 4 nitrogen and oxygen atoms in total. The summed E-state index contributed by atoms with van der Waals surface area (Å²) in [6.07, 6.45) is 0.457. The van der Waals surface area contributed by atoms with Gasteiger partial charge >= 0.3 is 29.6 Å². The van der Waals surface area contributed by atoms with E-state index in [4.69, 9.17) is 5.11 Å². The van der Waals surface area contributed by atoms with Crippen molar-refractivity contribution in [3.8, 4) is 0 Å². The summed E-state index contributed by atoms with van der Waals surface area (Å²) in [5.74, 6) is -1.42. The van der Waals surface area contributed by atoms with E-state index in [0.29, 0.717) is 6.26 Å². The minimum Gasteiger partial charge on any atom is -0.545 e. The number of carbonyl (C=O) groups is 1.